The Labute approximate surface area is 146 Å². The molecule has 1 amide bonds. The molecule has 0 bridgehead atoms. The van der Waals surface area contributed by atoms with Crippen LogP contribution < -0.4 is 5.32 Å². The van der Waals surface area contributed by atoms with Crippen LogP contribution in [0.4, 0.5) is 0 Å². The lowest BCUT2D eigenvalue weighted by molar-refractivity contribution is -0.118. The van der Waals surface area contributed by atoms with Crippen LogP contribution in [0.1, 0.15) is 5.69 Å². The van der Waals surface area contributed by atoms with Crippen LogP contribution in [0.5, 0.6) is 0 Å². The molecule has 4 aromatic rings. The molecule has 7 nitrogen and oxygen atoms in total. The third-order valence-corrected chi connectivity index (χ3v) is 4.22. The first-order valence-corrected chi connectivity index (χ1v) is 8.51. The number of nitrogens with one attached hydrogen (secondary N) is 1. The highest BCUT2D eigenvalue weighted by Crippen LogP contribution is 2.23. The molecular weight excluding hydrogens is 342 g/mol. The second kappa shape index (κ2) is 6.86. The number of benzene rings is 1. The van der Waals surface area contributed by atoms with Gasteiger partial charge in [-0.05, 0) is 24.3 Å². The van der Waals surface area contributed by atoms with E-state index in [1.165, 1.54) is 11.8 Å². The molecule has 0 aliphatic heterocycles. The smallest absolute Gasteiger partial charge is 0.257 e. The minimum atomic E-state index is -0.144. The van der Waals surface area contributed by atoms with Crippen LogP contribution in [0.2, 0.25) is 0 Å². The first-order chi connectivity index (χ1) is 12.3. The Kier molecular flexibility index (Phi) is 4.26. The molecule has 0 radical (unpaired) electrons. The van der Waals surface area contributed by atoms with Gasteiger partial charge in [-0.3, -0.25) is 4.79 Å². The number of carbonyl (C=O) groups excluding carboxylic acids is 1. The van der Waals surface area contributed by atoms with Gasteiger partial charge in [0.05, 0.1) is 18.6 Å². The monoisotopic (exact) mass is 355 g/mol. The van der Waals surface area contributed by atoms with Gasteiger partial charge in [0.15, 0.2) is 11.3 Å². The molecular formula is C17H13N3O4S. The molecule has 25 heavy (non-hydrogen) atoms. The number of hydrogen-bond donors (Lipinski definition) is 1. The summed E-state index contributed by atoms with van der Waals surface area (Å²) in [6.07, 6.45) is 1.56. The maximum atomic E-state index is 12.0. The zero-order valence-corrected chi connectivity index (χ0v) is 13.8. The number of rotatable bonds is 6. The maximum Gasteiger partial charge on any atom is 0.257 e. The third-order valence-electron chi connectivity index (χ3n) is 3.39. The third kappa shape index (κ3) is 3.58. The van der Waals surface area contributed by atoms with Gasteiger partial charge in [-0.15, -0.1) is 0 Å². The van der Waals surface area contributed by atoms with Gasteiger partial charge in [0.1, 0.15) is 11.2 Å². The van der Waals surface area contributed by atoms with Gasteiger partial charge < -0.3 is 18.7 Å². The summed E-state index contributed by atoms with van der Waals surface area (Å²) in [6, 6.07) is 12.7. The van der Waals surface area contributed by atoms with Crippen molar-refractivity contribution in [1.82, 2.24) is 15.5 Å². The van der Waals surface area contributed by atoms with E-state index in [1.807, 2.05) is 24.3 Å². The fourth-order valence-corrected chi connectivity index (χ4v) is 2.88. The molecule has 1 N–H and O–H groups in total. The predicted octanol–water partition coefficient (Wildman–Crippen LogP) is 3.48. The fourth-order valence-electron chi connectivity index (χ4n) is 2.21. The van der Waals surface area contributed by atoms with Gasteiger partial charge in [0, 0.05) is 6.07 Å². The minimum absolute atomic E-state index is 0.144. The Balaban J connectivity index is 1.29. The molecule has 3 heterocycles. The summed E-state index contributed by atoms with van der Waals surface area (Å²) in [5.74, 6) is 1.18. The van der Waals surface area contributed by atoms with Gasteiger partial charge in [0.2, 0.25) is 11.7 Å². The van der Waals surface area contributed by atoms with Crippen LogP contribution >= 0.6 is 11.8 Å². The molecule has 0 unspecified atom stereocenters. The van der Waals surface area contributed by atoms with E-state index in [1.54, 1.807) is 24.5 Å². The normalized spacial score (nSPS) is 11.0. The average molecular weight is 355 g/mol. The Morgan fingerprint density at radius 3 is 2.92 bits per heavy atom. The SMILES string of the molecule is O=C(CSc1nc2ccccc2o1)NCc1cc(-c2ccco2)on1. The molecule has 0 saturated carbocycles. The van der Waals surface area contributed by atoms with E-state index in [4.69, 9.17) is 13.4 Å². The number of hydrogen-bond acceptors (Lipinski definition) is 7. The highest BCUT2D eigenvalue weighted by Gasteiger charge is 2.12. The quantitative estimate of drug-likeness (QED) is 0.529. The second-order valence-corrected chi connectivity index (χ2v) is 6.10. The van der Waals surface area contributed by atoms with E-state index in [9.17, 15) is 4.79 Å². The van der Waals surface area contributed by atoms with E-state index in [2.05, 4.69) is 15.5 Å². The van der Waals surface area contributed by atoms with Crippen molar-refractivity contribution < 1.29 is 18.2 Å². The van der Waals surface area contributed by atoms with Crippen molar-refractivity contribution in [3.05, 3.63) is 54.4 Å². The van der Waals surface area contributed by atoms with Crippen LogP contribution in [0, 0.1) is 0 Å². The number of nitrogens with zero attached hydrogens (tertiary/aromatic N) is 2. The zero-order valence-electron chi connectivity index (χ0n) is 13.0. The van der Waals surface area contributed by atoms with E-state index in [-0.39, 0.29) is 18.2 Å². The number of furan rings is 1. The highest BCUT2D eigenvalue weighted by atomic mass is 32.2. The molecule has 4 rings (SSSR count). The molecule has 0 aliphatic carbocycles. The molecule has 1 aromatic carbocycles. The molecule has 3 aromatic heterocycles. The minimum Gasteiger partial charge on any atom is -0.461 e. The Morgan fingerprint density at radius 2 is 2.08 bits per heavy atom. The number of amides is 1. The molecule has 0 saturated heterocycles. The van der Waals surface area contributed by atoms with Crippen LogP contribution in [0.25, 0.3) is 22.6 Å². The van der Waals surface area contributed by atoms with E-state index in [0.29, 0.717) is 28.0 Å². The van der Waals surface area contributed by atoms with E-state index < -0.39 is 0 Å². The number of oxazole rings is 1. The molecule has 8 heteroatoms. The Morgan fingerprint density at radius 1 is 1.16 bits per heavy atom. The highest BCUT2D eigenvalue weighted by molar-refractivity contribution is 7.99. The summed E-state index contributed by atoms with van der Waals surface area (Å²) in [4.78, 5) is 16.3. The van der Waals surface area contributed by atoms with Crippen molar-refractivity contribution in [3.8, 4) is 11.5 Å². The molecule has 0 aliphatic rings. The van der Waals surface area contributed by atoms with Crippen molar-refractivity contribution in [2.24, 2.45) is 0 Å². The summed E-state index contributed by atoms with van der Waals surface area (Å²) in [7, 11) is 0. The average Bonchev–Trinajstić information content (AvgIpc) is 3.37. The van der Waals surface area contributed by atoms with Crippen LogP contribution in [0.15, 0.2) is 67.3 Å². The van der Waals surface area contributed by atoms with Crippen molar-refractivity contribution in [2.75, 3.05) is 5.75 Å². The number of carbonyl (C=O) groups is 1. The van der Waals surface area contributed by atoms with Crippen LogP contribution in [0.3, 0.4) is 0 Å². The van der Waals surface area contributed by atoms with Gasteiger partial charge in [-0.2, -0.15) is 0 Å². The number of thioether (sulfide) groups is 1. The maximum absolute atomic E-state index is 12.0. The fraction of sp³-hybridized carbons (Fsp3) is 0.118. The number of para-hydroxylation sites is 2. The van der Waals surface area contributed by atoms with Crippen molar-refractivity contribution >= 4 is 28.8 Å². The lowest BCUT2D eigenvalue weighted by atomic mass is 10.3. The summed E-state index contributed by atoms with van der Waals surface area (Å²) in [6.45, 7) is 0.275. The molecule has 126 valence electrons. The summed E-state index contributed by atoms with van der Waals surface area (Å²) in [5.41, 5.74) is 2.10. The van der Waals surface area contributed by atoms with E-state index >= 15 is 0 Å². The Hall–Kier alpha value is -3.00. The zero-order chi connectivity index (χ0) is 17.1. The topological polar surface area (TPSA) is 94.3 Å². The molecule has 0 atom stereocenters. The van der Waals surface area contributed by atoms with Gasteiger partial charge in [-0.25, -0.2) is 4.98 Å². The second-order valence-electron chi connectivity index (χ2n) is 5.17. The lowest BCUT2D eigenvalue weighted by Gasteiger charge is -2.00. The predicted molar refractivity (Wildman–Crippen MR) is 90.8 cm³/mol. The summed E-state index contributed by atoms with van der Waals surface area (Å²) >= 11 is 1.24. The van der Waals surface area contributed by atoms with Crippen LogP contribution in [-0.2, 0) is 11.3 Å². The van der Waals surface area contributed by atoms with Crippen molar-refractivity contribution in [1.29, 1.82) is 0 Å². The number of fused-ring (bicyclic) bond motifs is 1. The van der Waals surface area contributed by atoms with Gasteiger partial charge in [-0.1, -0.05) is 29.1 Å². The summed E-state index contributed by atoms with van der Waals surface area (Å²) in [5, 5.41) is 7.15. The lowest BCUT2D eigenvalue weighted by Crippen LogP contribution is -2.24. The van der Waals surface area contributed by atoms with Gasteiger partial charge in [0.25, 0.3) is 5.22 Å². The molecule has 0 fully saturated rings. The van der Waals surface area contributed by atoms with Gasteiger partial charge >= 0.3 is 0 Å². The van der Waals surface area contributed by atoms with E-state index in [0.717, 1.165) is 5.52 Å². The molecule has 0 spiro atoms. The number of aromatic nitrogens is 2. The van der Waals surface area contributed by atoms with Crippen LogP contribution in [-0.4, -0.2) is 21.8 Å². The first-order valence-electron chi connectivity index (χ1n) is 7.52. The Bertz CT molecular complexity index is 957. The van der Waals surface area contributed by atoms with Crippen molar-refractivity contribution in [2.45, 2.75) is 11.8 Å². The first kappa shape index (κ1) is 15.5. The standard InChI is InChI=1S/C17H13N3O4S/c21-16(10-25-17-19-12-4-1-2-5-13(12)23-17)18-9-11-8-15(24-20-11)14-6-3-7-22-14/h1-8H,9-10H2,(H,18,21). The van der Waals surface area contributed by atoms with Crippen molar-refractivity contribution in [3.63, 3.8) is 0 Å². The summed E-state index contributed by atoms with van der Waals surface area (Å²) < 4.78 is 16.0. The largest absolute Gasteiger partial charge is 0.461 e.